The zero-order chi connectivity index (χ0) is 15.1. The average molecular weight is 294 g/mol. The number of ether oxygens (including phenoxy) is 2. The van der Waals surface area contributed by atoms with Gasteiger partial charge in [0, 0.05) is 12.1 Å². The van der Waals surface area contributed by atoms with E-state index >= 15 is 0 Å². The monoisotopic (exact) mass is 294 g/mol. The number of carbonyl (C=O) groups excluding carboxylic acids is 1. The second-order valence-electron chi connectivity index (χ2n) is 4.56. The third kappa shape index (κ3) is 4.64. The van der Waals surface area contributed by atoms with E-state index in [-0.39, 0.29) is 25.8 Å². The number of rotatable bonds is 5. The molecule has 7 heteroatoms. The van der Waals surface area contributed by atoms with E-state index in [9.17, 15) is 9.59 Å². The van der Waals surface area contributed by atoms with E-state index in [4.69, 9.17) is 14.6 Å². The molecule has 0 aromatic heterocycles. The summed E-state index contributed by atoms with van der Waals surface area (Å²) in [6.45, 7) is 1.50. The van der Waals surface area contributed by atoms with Gasteiger partial charge < -0.3 is 24.8 Å². The number of aliphatic carboxylic acids is 1. The lowest BCUT2D eigenvalue weighted by Gasteiger charge is -2.20. The number of fused-ring (bicyclic) bond motifs is 1. The molecule has 1 aromatic carbocycles. The molecule has 1 heterocycles. The number of nitrogens with zero attached hydrogens (tertiary/aromatic N) is 1. The van der Waals surface area contributed by atoms with Crippen LogP contribution in [0.25, 0.3) is 0 Å². The zero-order valence-electron chi connectivity index (χ0n) is 11.6. The maximum absolute atomic E-state index is 12.0. The van der Waals surface area contributed by atoms with Crippen LogP contribution < -0.4 is 10.1 Å². The predicted octanol–water partition coefficient (Wildman–Crippen LogP) is 0.692. The number of benzene rings is 1. The van der Waals surface area contributed by atoms with Crippen molar-refractivity contribution in [2.75, 3.05) is 32.9 Å². The van der Waals surface area contributed by atoms with Gasteiger partial charge in [-0.3, -0.25) is 0 Å². The Bertz CT molecular complexity index is 506. The summed E-state index contributed by atoms with van der Waals surface area (Å²) in [4.78, 5) is 24.0. The van der Waals surface area contributed by atoms with Crippen LogP contribution in [0, 0.1) is 0 Å². The van der Waals surface area contributed by atoms with Crippen LogP contribution in [0.2, 0.25) is 0 Å². The van der Waals surface area contributed by atoms with Gasteiger partial charge in [-0.1, -0.05) is 18.2 Å². The smallest absolute Gasteiger partial charge is 0.329 e. The molecule has 2 rings (SSSR count). The number of hydrogen-bond donors (Lipinski definition) is 2. The molecule has 0 saturated carbocycles. The fourth-order valence-electron chi connectivity index (χ4n) is 2.00. The van der Waals surface area contributed by atoms with Crippen molar-refractivity contribution in [3.05, 3.63) is 29.8 Å². The lowest BCUT2D eigenvalue weighted by atomic mass is 10.2. The Morgan fingerprint density at radius 2 is 2.19 bits per heavy atom. The summed E-state index contributed by atoms with van der Waals surface area (Å²) in [7, 11) is 0. The van der Waals surface area contributed by atoms with E-state index in [1.165, 1.54) is 0 Å². The molecule has 114 valence electrons. The molecular formula is C14H18N2O5. The van der Waals surface area contributed by atoms with Gasteiger partial charge >= 0.3 is 12.0 Å². The fraction of sp³-hybridized carbons (Fsp3) is 0.429. The molecule has 0 atom stereocenters. The molecule has 0 saturated heterocycles. The number of urea groups is 1. The van der Waals surface area contributed by atoms with E-state index in [2.05, 4.69) is 5.32 Å². The molecule has 1 aliphatic heterocycles. The maximum atomic E-state index is 12.0. The number of carboxylic acids is 1. The van der Waals surface area contributed by atoms with Crippen LogP contribution in [0.4, 0.5) is 4.79 Å². The van der Waals surface area contributed by atoms with Crippen molar-refractivity contribution in [3.8, 4) is 5.75 Å². The highest BCUT2D eigenvalue weighted by Gasteiger charge is 2.18. The molecule has 2 N–H and O–H groups in total. The van der Waals surface area contributed by atoms with Gasteiger partial charge in [0.25, 0.3) is 0 Å². The summed E-state index contributed by atoms with van der Waals surface area (Å²) in [5.74, 6) is -0.222. The fourth-order valence-corrected chi connectivity index (χ4v) is 2.00. The molecule has 0 aliphatic carbocycles. The lowest BCUT2D eigenvalue weighted by Crippen LogP contribution is -2.41. The standard InChI is InChI=1S/C14H18N2O5/c17-13(18)10-20-7-5-15-14(19)16-6-8-21-12-4-2-1-3-11(12)9-16/h1-4H,5-10H2,(H,15,19)(H,17,18). The van der Waals surface area contributed by atoms with Gasteiger partial charge in [-0.25, -0.2) is 9.59 Å². The molecule has 0 spiro atoms. The number of hydrogen-bond acceptors (Lipinski definition) is 4. The quantitative estimate of drug-likeness (QED) is 0.780. The zero-order valence-corrected chi connectivity index (χ0v) is 11.6. The van der Waals surface area contributed by atoms with E-state index in [1.54, 1.807) is 4.90 Å². The lowest BCUT2D eigenvalue weighted by molar-refractivity contribution is -0.142. The van der Waals surface area contributed by atoms with Crippen LogP contribution in [0.15, 0.2) is 24.3 Å². The molecule has 0 fully saturated rings. The Labute approximate surface area is 122 Å². The van der Waals surface area contributed by atoms with Gasteiger partial charge in [0.1, 0.15) is 19.0 Å². The normalized spacial score (nSPS) is 13.8. The number of carboxylic acid groups (broad SMARTS) is 1. The predicted molar refractivity (Wildman–Crippen MR) is 74.2 cm³/mol. The van der Waals surface area contributed by atoms with E-state index in [1.807, 2.05) is 24.3 Å². The molecular weight excluding hydrogens is 276 g/mol. The highest BCUT2D eigenvalue weighted by atomic mass is 16.5. The Morgan fingerprint density at radius 1 is 1.38 bits per heavy atom. The minimum Gasteiger partial charge on any atom is -0.491 e. The highest BCUT2D eigenvalue weighted by Crippen LogP contribution is 2.22. The van der Waals surface area contributed by atoms with Gasteiger partial charge in [-0.05, 0) is 6.07 Å². The first-order chi connectivity index (χ1) is 10.2. The number of carbonyl (C=O) groups is 2. The Kier molecular flexibility index (Phi) is 5.39. The summed E-state index contributed by atoms with van der Waals surface area (Å²) in [6, 6.07) is 7.40. The van der Waals surface area contributed by atoms with Crippen molar-refractivity contribution >= 4 is 12.0 Å². The average Bonchev–Trinajstić information content (AvgIpc) is 2.68. The molecule has 1 aromatic rings. The molecule has 7 nitrogen and oxygen atoms in total. The molecule has 21 heavy (non-hydrogen) atoms. The second-order valence-corrected chi connectivity index (χ2v) is 4.56. The van der Waals surface area contributed by atoms with Crippen molar-refractivity contribution in [1.82, 2.24) is 10.2 Å². The van der Waals surface area contributed by atoms with Gasteiger partial charge in [0.2, 0.25) is 0 Å². The van der Waals surface area contributed by atoms with Gasteiger partial charge in [0.15, 0.2) is 0 Å². The first kappa shape index (κ1) is 15.1. The number of amides is 2. The van der Waals surface area contributed by atoms with E-state index < -0.39 is 5.97 Å². The van der Waals surface area contributed by atoms with Gasteiger partial charge in [-0.2, -0.15) is 0 Å². The van der Waals surface area contributed by atoms with E-state index in [0.717, 1.165) is 11.3 Å². The molecule has 0 bridgehead atoms. The third-order valence-corrected chi connectivity index (χ3v) is 2.99. The first-order valence-electron chi connectivity index (χ1n) is 6.70. The minimum absolute atomic E-state index is 0.166. The van der Waals surface area contributed by atoms with Crippen LogP contribution in [-0.2, 0) is 16.1 Å². The summed E-state index contributed by atoms with van der Waals surface area (Å²) < 4.78 is 10.4. The SMILES string of the molecule is O=C(O)COCCNC(=O)N1CCOc2ccccc2C1. The molecule has 1 aliphatic rings. The van der Waals surface area contributed by atoms with Gasteiger partial charge in [-0.15, -0.1) is 0 Å². The van der Waals surface area contributed by atoms with Crippen molar-refractivity contribution in [3.63, 3.8) is 0 Å². The molecule has 0 radical (unpaired) electrons. The summed E-state index contributed by atoms with van der Waals surface area (Å²) in [5, 5.41) is 11.1. The maximum Gasteiger partial charge on any atom is 0.329 e. The van der Waals surface area contributed by atoms with Crippen LogP contribution >= 0.6 is 0 Å². The van der Waals surface area contributed by atoms with Crippen molar-refractivity contribution in [2.24, 2.45) is 0 Å². The largest absolute Gasteiger partial charge is 0.491 e. The van der Waals surface area contributed by atoms with Crippen molar-refractivity contribution in [2.45, 2.75) is 6.54 Å². The Balaban J connectivity index is 1.79. The topological polar surface area (TPSA) is 88.1 Å². The minimum atomic E-state index is -1.03. The van der Waals surface area contributed by atoms with Crippen LogP contribution in [-0.4, -0.2) is 54.9 Å². The Hall–Kier alpha value is -2.28. The highest BCUT2D eigenvalue weighted by molar-refractivity contribution is 5.74. The summed E-state index contributed by atoms with van der Waals surface area (Å²) in [6.07, 6.45) is 0. The van der Waals surface area contributed by atoms with Crippen LogP contribution in [0.3, 0.4) is 0 Å². The first-order valence-corrected chi connectivity index (χ1v) is 6.70. The molecule has 0 unspecified atom stereocenters. The van der Waals surface area contributed by atoms with Crippen LogP contribution in [0.1, 0.15) is 5.56 Å². The third-order valence-electron chi connectivity index (χ3n) is 2.99. The summed E-state index contributed by atoms with van der Waals surface area (Å²) in [5.41, 5.74) is 0.965. The summed E-state index contributed by atoms with van der Waals surface area (Å²) >= 11 is 0. The van der Waals surface area contributed by atoms with Crippen LogP contribution in [0.5, 0.6) is 5.75 Å². The Morgan fingerprint density at radius 3 is 3.00 bits per heavy atom. The molecule has 2 amide bonds. The van der Waals surface area contributed by atoms with Crippen molar-refractivity contribution < 1.29 is 24.2 Å². The number of para-hydroxylation sites is 1. The van der Waals surface area contributed by atoms with Crippen molar-refractivity contribution in [1.29, 1.82) is 0 Å². The van der Waals surface area contributed by atoms with E-state index in [0.29, 0.717) is 19.7 Å². The van der Waals surface area contributed by atoms with Gasteiger partial charge in [0.05, 0.1) is 19.7 Å². The second kappa shape index (κ2) is 7.49. The number of nitrogens with one attached hydrogen (secondary N) is 1.